The van der Waals surface area contributed by atoms with E-state index in [1.807, 2.05) is 43.3 Å². The number of amides is 1. The van der Waals surface area contributed by atoms with Gasteiger partial charge < -0.3 is 14.8 Å². The highest BCUT2D eigenvalue weighted by atomic mass is 35.5. The van der Waals surface area contributed by atoms with E-state index in [4.69, 9.17) is 21.1 Å². The average molecular weight is 490 g/mol. The maximum absolute atomic E-state index is 12.5. The van der Waals surface area contributed by atoms with Crippen LogP contribution in [0.15, 0.2) is 89.7 Å². The number of rotatable bonds is 9. The number of nitrogens with one attached hydrogen (secondary N) is 1. The molecule has 0 aliphatic heterocycles. The van der Waals surface area contributed by atoms with Crippen LogP contribution in [0.3, 0.4) is 0 Å². The summed E-state index contributed by atoms with van der Waals surface area (Å²) in [4.78, 5) is 24.9. The van der Waals surface area contributed by atoms with Crippen molar-refractivity contribution in [2.75, 3.05) is 6.61 Å². The van der Waals surface area contributed by atoms with Crippen molar-refractivity contribution in [3.63, 3.8) is 0 Å². The lowest BCUT2D eigenvalue weighted by Crippen LogP contribution is -2.23. The summed E-state index contributed by atoms with van der Waals surface area (Å²) in [6.45, 7) is 3.21. The Labute approximate surface area is 207 Å². The Morgan fingerprint density at radius 1 is 0.886 bits per heavy atom. The number of hydrogen-bond acceptors (Lipinski definition) is 5. The second kappa shape index (κ2) is 11.4. The molecule has 0 saturated carbocycles. The summed E-state index contributed by atoms with van der Waals surface area (Å²) in [5.74, 6) is 0.879. The van der Waals surface area contributed by atoms with Gasteiger partial charge in [0.25, 0.3) is 11.5 Å². The maximum atomic E-state index is 12.5. The van der Waals surface area contributed by atoms with Crippen molar-refractivity contribution in [3.05, 3.63) is 117 Å². The lowest BCUT2D eigenvalue weighted by molar-refractivity contribution is 0.0951. The van der Waals surface area contributed by atoms with E-state index in [0.29, 0.717) is 35.3 Å². The Balaban J connectivity index is 1.39. The number of benzene rings is 3. The zero-order valence-corrected chi connectivity index (χ0v) is 19.9. The van der Waals surface area contributed by atoms with Crippen molar-refractivity contribution in [2.45, 2.75) is 20.1 Å². The van der Waals surface area contributed by atoms with Gasteiger partial charge in [0.05, 0.1) is 12.3 Å². The molecule has 0 saturated heterocycles. The Kier molecular flexibility index (Phi) is 7.80. The van der Waals surface area contributed by atoms with Crippen LogP contribution >= 0.6 is 11.6 Å². The van der Waals surface area contributed by atoms with Crippen LogP contribution in [0, 0.1) is 0 Å². The van der Waals surface area contributed by atoms with Crippen molar-refractivity contribution in [1.29, 1.82) is 0 Å². The van der Waals surface area contributed by atoms with Crippen LogP contribution in [0.25, 0.3) is 5.69 Å². The molecule has 8 heteroatoms. The number of halogens is 1. The molecule has 4 aromatic rings. The molecule has 35 heavy (non-hydrogen) atoms. The van der Waals surface area contributed by atoms with Gasteiger partial charge in [0, 0.05) is 29.3 Å². The molecule has 1 heterocycles. The average Bonchev–Trinajstić information content (AvgIpc) is 2.89. The molecule has 0 radical (unpaired) electrons. The highest BCUT2D eigenvalue weighted by Gasteiger charge is 2.09. The third-order valence-electron chi connectivity index (χ3n) is 5.14. The lowest BCUT2D eigenvalue weighted by Gasteiger charge is -2.10. The fourth-order valence-electron chi connectivity index (χ4n) is 3.30. The third kappa shape index (κ3) is 6.49. The van der Waals surface area contributed by atoms with Crippen molar-refractivity contribution in [2.24, 2.45) is 0 Å². The van der Waals surface area contributed by atoms with Gasteiger partial charge in [0.15, 0.2) is 0 Å². The standard InChI is InChI=1S/C27H24ClN3O4/c1-2-34-24-13-5-19(6-14-24)17-29-27(33)21-7-11-23(12-8-21)31-26(32)16-15-25(30-31)35-18-20-3-9-22(28)10-4-20/h3-16H,2,17-18H2,1H3,(H,29,33). The first-order chi connectivity index (χ1) is 17.0. The van der Waals surface area contributed by atoms with E-state index in [-0.39, 0.29) is 18.1 Å². The van der Waals surface area contributed by atoms with E-state index in [1.54, 1.807) is 36.4 Å². The van der Waals surface area contributed by atoms with E-state index >= 15 is 0 Å². The zero-order chi connectivity index (χ0) is 24.6. The van der Waals surface area contributed by atoms with Crippen LogP contribution < -0.4 is 20.3 Å². The van der Waals surface area contributed by atoms with E-state index < -0.39 is 0 Å². The summed E-state index contributed by atoms with van der Waals surface area (Å²) in [6.07, 6.45) is 0. The summed E-state index contributed by atoms with van der Waals surface area (Å²) < 4.78 is 12.4. The number of nitrogens with zero attached hydrogens (tertiary/aromatic N) is 2. The Morgan fingerprint density at radius 3 is 2.26 bits per heavy atom. The molecule has 1 N–H and O–H groups in total. The van der Waals surface area contributed by atoms with Crippen LogP contribution in [0.4, 0.5) is 0 Å². The van der Waals surface area contributed by atoms with Gasteiger partial charge in [-0.3, -0.25) is 9.59 Å². The van der Waals surface area contributed by atoms with Gasteiger partial charge in [-0.25, -0.2) is 0 Å². The molecule has 1 aromatic heterocycles. The monoisotopic (exact) mass is 489 g/mol. The minimum Gasteiger partial charge on any atom is -0.494 e. The van der Waals surface area contributed by atoms with E-state index in [2.05, 4.69) is 10.4 Å². The van der Waals surface area contributed by atoms with Gasteiger partial charge in [-0.05, 0) is 66.6 Å². The van der Waals surface area contributed by atoms with Crippen LogP contribution in [-0.4, -0.2) is 22.3 Å². The molecular weight excluding hydrogens is 466 g/mol. The van der Waals surface area contributed by atoms with Crippen molar-refractivity contribution >= 4 is 17.5 Å². The number of aromatic nitrogens is 2. The number of carbonyl (C=O) groups excluding carboxylic acids is 1. The molecule has 0 unspecified atom stereocenters. The predicted octanol–water partition coefficient (Wildman–Crippen LogP) is 4.79. The van der Waals surface area contributed by atoms with Crippen molar-refractivity contribution < 1.29 is 14.3 Å². The number of ether oxygens (including phenoxy) is 2. The first-order valence-corrected chi connectivity index (χ1v) is 11.5. The normalized spacial score (nSPS) is 10.6. The van der Waals surface area contributed by atoms with E-state index in [9.17, 15) is 9.59 Å². The lowest BCUT2D eigenvalue weighted by atomic mass is 10.1. The summed E-state index contributed by atoms with van der Waals surface area (Å²) in [5.41, 5.74) is 2.58. The molecule has 0 atom stereocenters. The molecule has 3 aromatic carbocycles. The molecular formula is C27H24ClN3O4. The molecule has 178 valence electrons. The van der Waals surface area contributed by atoms with Crippen LogP contribution in [0.5, 0.6) is 11.6 Å². The number of hydrogen-bond donors (Lipinski definition) is 1. The molecule has 4 rings (SSSR count). The highest BCUT2D eigenvalue weighted by molar-refractivity contribution is 6.30. The van der Waals surface area contributed by atoms with Crippen molar-refractivity contribution in [3.8, 4) is 17.3 Å². The summed E-state index contributed by atoms with van der Waals surface area (Å²) >= 11 is 5.91. The van der Waals surface area contributed by atoms with Gasteiger partial charge >= 0.3 is 0 Å². The van der Waals surface area contributed by atoms with Gasteiger partial charge in [0.1, 0.15) is 12.4 Å². The minimum absolute atomic E-state index is 0.217. The zero-order valence-electron chi connectivity index (χ0n) is 19.1. The van der Waals surface area contributed by atoms with Crippen LogP contribution in [-0.2, 0) is 13.2 Å². The van der Waals surface area contributed by atoms with E-state index in [0.717, 1.165) is 16.9 Å². The summed E-state index contributed by atoms with van der Waals surface area (Å²) in [7, 11) is 0. The van der Waals surface area contributed by atoms with E-state index in [1.165, 1.54) is 16.8 Å². The summed E-state index contributed by atoms with van der Waals surface area (Å²) in [5, 5.41) is 7.83. The van der Waals surface area contributed by atoms with Gasteiger partial charge in [0.2, 0.25) is 5.88 Å². The molecule has 1 amide bonds. The van der Waals surface area contributed by atoms with Gasteiger partial charge in [-0.1, -0.05) is 35.9 Å². The second-order valence-corrected chi connectivity index (χ2v) is 8.08. The smallest absolute Gasteiger partial charge is 0.271 e. The fourth-order valence-corrected chi connectivity index (χ4v) is 3.43. The highest BCUT2D eigenvalue weighted by Crippen LogP contribution is 2.14. The van der Waals surface area contributed by atoms with Crippen LogP contribution in [0.2, 0.25) is 5.02 Å². The maximum Gasteiger partial charge on any atom is 0.271 e. The molecule has 0 bridgehead atoms. The second-order valence-electron chi connectivity index (χ2n) is 7.64. The molecule has 0 aliphatic carbocycles. The molecule has 0 spiro atoms. The molecule has 0 fully saturated rings. The molecule has 7 nitrogen and oxygen atoms in total. The predicted molar refractivity (Wildman–Crippen MR) is 134 cm³/mol. The fraction of sp³-hybridized carbons (Fsp3) is 0.148. The topological polar surface area (TPSA) is 82.4 Å². The minimum atomic E-state index is -0.309. The SMILES string of the molecule is CCOc1ccc(CNC(=O)c2ccc(-n3nc(OCc4ccc(Cl)cc4)ccc3=O)cc2)cc1. The molecule has 0 aliphatic rings. The quantitative estimate of drug-likeness (QED) is 0.365. The Morgan fingerprint density at radius 2 is 1.57 bits per heavy atom. The Bertz CT molecular complexity index is 1330. The summed E-state index contributed by atoms with van der Waals surface area (Å²) in [6, 6.07) is 24.4. The van der Waals surface area contributed by atoms with Crippen molar-refractivity contribution in [1.82, 2.24) is 15.1 Å². The first kappa shape index (κ1) is 24.0. The third-order valence-corrected chi connectivity index (χ3v) is 5.39. The number of carbonyl (C=O) groups is 1. The van der Waals surface area contributed by atoms with Gasteiger partial charge in [-0.2, -0.15) is 4.68 Å². The van der Waals surface area contributed by atoms with Gasteiger partial charge in [-0.15, -0.1) is 5.10 Å². The first-order valence-electron chi connectivity index (χ1n) is 11.1. The Hall–Kier alpha value is -4.10. The van der Waals surface area contributed by atoms with Crippen LogP contribution in [0.1, 0.15) is 28.4 Å². The largest absolute Gasteiger partial charge is 0.494 e.